The smallest absolute Gasteiger partial charge is 0.0994 e. The van der Waals surface area contributed by atoms with Crippen LogP contribution in [0.4, 0.5) is 0 Å². The second-order valence-corrected chi connectivity index (χ2v) is 3.03. The fourth-order valence-electron chi connectivity index (χ4n) is 1.13. The van der Waals surface area contributed by atoms with Gasteiger partial charge in [0.1, 0.15) is 0 Å². The lowest BCUT2D eigenvalue weighted by Gasteiger charge is -2.07. The average molecular weight is 170 g/mol. The highest BCUT2D eigenvalue weighted by Crippen LogP contribution is 2.18. The lowest BCUT2D eigenvalue weighted by Crippen LogP contribution is -1.91. The number of hydrogen-bond acceptors (Lipinski definition) is 1. The van der Waals surface area contributed by atoms with Gasteiger partial charge in [-0.2, -0.15) is 5.26 Å². The van der Waals surface area contributed by atoms with Gasteiger partial charge in [-0.15, -0.1) is 6.58 Å². The van der Waals surface area contributed by atoms with Gasteiger partial charge in [-0.05, 0) is 31.0 Å². The molecule has 0 aliphatic rings. The van der Waals surface area contributed by atoms with Crippen LogP contribution in [0.2, 0.25) is 0 Å². The summed E-state index contributed by atoms with van der Waals surface area (Å²) in [5, 5.41) is 8.80. The van der Waals surface area contributed by atoms with Crippen LogP contribution in [0.25, 0.3) is 0 Å². The number of allylic oxidation sites excluding steroid dienone is 1. The average Bonchev–Trinajstić information content (AvgIpc) is 2.17. The molecule has 0 amide bonds. The fourth-order valence-corrected chi connectivity index (χ4v) is 1.13. The van der Waals surface area contributed by atoms with E-state index >= 15 is 0 Å². The topological polar surface area (TPSA) is 23.8 Å². The molecule has 0 bridgehead atoms. The van der Waals surface area contributed by atoms with Crippen LogP contribution >= 0.6 is 0 Å². The van der Waals surface area contributed by atoms with E-state index in [9.17, 15) is 0 Å². The Bertz CT molecular complexity index is 358. The largest absolute Gasteiger partial charge is 0.192 e. The second-order valence-electron chi connectivity index (χ2n) is 3.03. The lowest BCUT2D eigenvalue weighted by molar-refractivity contribution is 1.08. The van der Waals surface area contributed by atoms with Crippen molar-refractivity contribution in [3.05, 3.63) is 54.5 Å². The molecule has 0 aliphatic carbocycles. The van der Waals surface area contributed by atoms with Crippen molar-refractivity contribution in [2.75, 3.05) is 0 Å². The molecular weight excluding hydrogens is 158 g/mol. The quantitative estimate of drug-likeness (QED) is 0.626. The van der Waals surface area contributed by atoms with Crippen LogP contribution in [0.5, 0.6) is 0 Å². The third kappa shape index (κ3) is 1.97. The summed E-state index contributed by atoms with van der Waals surface area (Å²) < 4.78 is 0. The number of aryl methyl sites for hydroxylation is 1. The van der Waals surface area contributed by atoms with E-state index in [2.05, 4.69) is 19.6 Å². The Balaban J connectivity index is 3.15. The maximum atomic E-state index is 8.80. The molecule has 0 fully saturated rings. The second kappa shape index (κ2) is 3.91. The molecule has 0 aromatic heterocycles. The van der Waals surface area contributed by atoms with Crippen molar-refractivity contribution in [2.45, 2.75) is 12.8 Å². The van der Waals surface area contributed by atoms with Crippen molar-refractivity contribution in [2.24, 2.45) is 0 Å². The molecule has 1 radical (unpaired) electrons. The molecule has 1 aromatic carbocycles. The van der Waals surface area contributed by atoms with Gasteiger partial charge >= 0.3 is 0 Å². The van der Waals surface area contributed by atoms with Crippen LogP contribution in [-0.2, 0) is 0 Å². The molecule has 1 unspecified atom stereocenters. The molecule has 1 aromatic rings. The van der Waals surface area contributed by atoms with E-state index in [4.69, 9.17) is 5.26 Å². The van der Waals surface area contributed by atoms with E-state index in [0.29, 0.717) is 5.56 Å². The minimum absolute atomic E-state index is 0.0627. The Kier molecular flexibility index (Phi) is 2.87. The number of nitrogens with zero attached hydrogens (tertiary/aromatic N) is 1. The molecule has 0 saturated carbocycles. The Morgan fingerprint density at radius 1 is 1.54 bits per heavy atom. The molecule has 0 spiro atoms. The van der Waals surface area contributed by atoms with Crippen molar-refractivity contribution in [1.82, 2.24) is 0 Å². The summed E-state index contributed by atoms with van der Waals surface area (Å²) in [6, 6.07) is 7.94. The molecule has 1 heteroatoms. The Morgan fingerprint density at radius 3 is 2.77 bits per heavy atom. The first-order valence-electron chi connectivity index (χ1n) is 4.15. The summed E-state index contributed by atoms with van der Waals surface area (Å²) in [6.45, 7) is 9.50. The van der Waals surface area contributed by atoms with Crippen LogP contribution in [0.3, 0.4) is 0 Å². The zero-order valence-electron chi connectivity index (χ0n) is 7.75. The van der Waals surface area contributed by atoms with Gasteiger partial charge in [0.25, 0.3) is 0 Å². The molecule has 0 heterocycles. The molecule has 13 heavy (non-hydrogen) atoms. The predicted octanol–water partition coefficient (Wildman–Crippen LogP) is 2.97. The first kappa shape index (κ1) is 9.54. The molecule has 0 N–H and O–H groups in total. The third-order valence-corrected chi connectivity index (χ3v) is 2.09. The van der Waals surface area contributed by atoms with Gasteiger partial charge in [0.05, 0.1) is 11.6 Å². The zero-order valence-corrected chi connectivity index (χ0v) is 7.75. The van der Waals surface area contributed by atoms with E-state index in [1.54, 1.807) is 6.08 Å². The van der Waals surface area contributed by atoms with Gasteiger partial charge in [-0.25, -0.2) is 0 Å². The van der Waals surface area contributed by atoms with E-state index < -0.39 is 0 Å². The summed E-state index contributed by atoms with van der Waals surface area (Å²) in [5.74, 6) is 0.0627. The first-order chi connectivity index (χ1) is 6.19. The molecule has 65 valence electrons. The predicted molar refractivity (Wildman–Crippen MR) is 54.2 cm³/mol. The van der Waals surface area contributed by atoms with Crippen LogP contribution in [0, 0.1) is 25.2 Å². The molecule has 0 saturated heterocycles. The van der Waals surface area contributed by atoms with Crippen molar-refractivity contribution in [3.63, 3.8) is 0 Å². The van der Waals surface area contributed by atoms with Gasteiger partial charge in [0.2, 0.25) is 0 Å². The summed E-state index contributed by atoms with van der Waals surface area (Å²) >= 11 is 0. The van der Waals surface area contributed by atoms with Gasteiger partial charge in [-0.1, -0.05) is 18.2 Å². The van der Waals surface area contributed by atoms with Crippen LogP contribution < -0.4 is 0 Å². The Morgan fingerprint density at radius 2 is 2.23 bits per heavy atom. The fraction of sp³-hybridized carbons (Fsp3) is 0.167. The summed E-state index contributed by atoms with van der Waals surface area (Å²) in [7, 11) is 0. The van der Waals surface area contributed by atoms with E-state index in [0.717, 1.165) is 11.1 Å². The normalized spacial score (nSPS) is 11.8. The molecule has 0 aliphatic heterocycles. The van der Waals surface area contributed by atoms with Gasteiger partial charge < -0.3 is 0 Å². The van der Waals surface area contributed by atoms with E-state index in [1.807, 2.05) is 25.1 Å². The zero-order chi connectivity index (χ0) is 9.84. The first-order valence-corrected chi connectivity index (χ1v) is 4.15. The molecule has 1 rings (SSSR count). The standard InChI is InChI=1S/C12H12N/c1-4-9(2)11-6-5-10(3)12(7-11)8-13/h4-7,9H,1-2H2,3H3. The number of benzene rings is 1. The monoisotopic (exact) mass is 170 g/mol. The van der Waals surface area contributed by atoms with Crippen molar-refractivity contribution in [3.8, 4) is 6.07 Å². The van der Waals surface area contributed by atoms with Crippen LogP contribution in [0.1, 0.15) is 22.6 Å². The minimum Gasteiger partial charge on any atom is -0.192 e. The number of hydrogen-bond donors (Lipinski definition) is 0. The molecule has 1 atom stereocenters. The highest BCUT2D eigenvalue weighted by Gasteiger charge is 2.03. The van der Waals surface area contributed by atoms with Crippen LogP contribution in [0.15, 0.2) is 30.9 Å². The van der Waals surface area contributed by atoms with Gasteiger partial charge in [-0.3, -0.25) is 0 Å². The minimum atomic E-state index is 0.0627. The Labute approximate surface area is 79.3 Å². The van der Waals surface area contributed by atoms with E-state index in [1.165, 1.54) is 0 Å². The number of rotatable bonds is 2. The highest BCUT2D eigenvalue weighted by molar-refractivity contribution is 5.41. The van der Waals surface area contributed by atoms with Gasteiger partial charge in [0, 0.05) is 5.92 Å². The van der Waals surface area contributed by atoms with Crippen molar-refractivity contribution in [1.29, 1.82) is 5.26 Å². The third-order valence-electron chi connectivity index (χ3n) is 2.09. The molecular formula is C12H12N. The SMILES string of the molecule is [CH2]C(C=C)c1ccc(C)c(C#N)c1. The lowest BCUT2D eigenvalue weighted by atomic mass is 9.97. The van der Waals surface area contributed by atoms with Crippen molar-refractivity contribution < 1.29 is 0 Å². The van der Waals surface area contributed by atoms with E-state index in [-0.39, 0.29) is 5.92 Å². The van der Waals surface area contributed by atoms with Crippen LogP contribution in [-0.4, -0.2) is 0 Å². The summed E-state index contributed by atoms with van der Waals surface area (Å²) in [5.41, 5.74) is 2.76. The molecule has 1 nitrogen and oxygen atoms in total. The Hall–Kier alpha value is -1.55. The maximum absolute atomic E-state index is 8.80. The van der Waals surface area contributed by atoms with Crippen molar-refractivity contribution >= 4 is 0 Å². The highest BCUT2D eigenvalue weighted by atomic mass is 14.2. The van der Waals surface area contributed by atoms with Gasteiger partial charge in [0.15, 0.2) is 0 Å². The number of nitriles is 1. The maximum Gasteiger partial charge on any atom is 0.0994 e. The summed E-state index contributed by atoms with van der Waals surface area (Å²) in [6.07, 6.45) is 1.77. The summed E-state index contributed by atoms with van der Waals surface area (Å²) in [4.78, 5) is 0.